The zero-order valence-electron chi connectivity index (χ0n) is 16.6. The molecule has 2 aliphatic rings. The van der Waals surface area contributed by atoms with Crippen LogP contribution in [0, 0.1) is 11.7 Å². The van der Waals surface area contributed by atoms with Crippen molar-refractivity contribution >= 4 is 34.7 Å². The van der Waals surface area contributed by atoms with Crippen LogP contribution in [0.25, 0.3) is 6.08 Å². The highest BCUT2D eigenvalue weighted by atomic mass is 32.2. The monoisotopic (exact) mass is 426 g/mol. The molecule has 0 unspecified atom stereocenters. The van der Waals surface area contributed by atoms with Gasteiger partial charge in [-0.2, -0.15) is 0 Å². The van der Waals surface area contributed by atoms with Crippen molar-refractivity contribution in [1.29, 1.82) is 0 Å². The number of thioether (sulfide) groups is 1. The zero-order chi connectivity index (χ0) is 20.9. The highest BCUT2D eigenvalue weighted by molar-refractivity contribution is 8.18. The molecule has 0 atom stereocenters. The fraction of sp³-hybridized carbons (Fsp3) is 0.409. The van der Waals surface area contributed by atoms with Gasteiger partial charge in [0.15, 0.2) is 5.78 Å². The third kappa shape index (κ3) is 5.30. The average Bonchev–Trinajstić information content (AvgIpc) is 3.07. The van der Waals surface area contributed by atoms with E-state index in [0.717, 1.165) is 62.6 Å². The summed E-state index contributed by atoms with van der Waals surface area (Å²) in [6.07, 6.45) is 9.83. The van der Waals surface area contributed by atoms with Crippen molar-refractivity contribution in [3.8, 4) is 0 Å². The molecule has 30 heavy (non-hydrogen) atoms. The third-order valence-electron chi connectivity index (χ3n) is 5.48. The Balaban J connectivity index is 1.28. The number of Topliss-reactive ketones (excluding diaryl/α,β-unsaturated/α-hetero) is 1. The molecule has 0 spiro atoms. The molecule has 8 heteroatoms. The van der Waals surface area contributed by atoms with Gasteiger partial charge in [-0.25, -0.2) is 14.4 Å². The number of hydrogen-bond donors (Lipinski definition) is 0. The third-order valence-corrected chi connectivity index (χ3v) is 6.42. The Bertz CT molecular complexity index is 956. The lowest BCUT2D eigenvalue weighted by Crippen LogP contribution is -2.35. The Morgan fingerprint density at radius 2 is 2.00 bits per heavy atom. The number of hydrogen-bond acceptors (Lipinski definition) is 7. The summed E-state index contributed by atoms with van der Waals surface area (Å²) in [6.45, 7) is 1.79. The molecule has 0 N–H and O–H groups in total. The lowest BCUT2D eigenvalue weighted by Gasteiger charge is -2.32. The molecule has 0 radical (unpaired) electrons. The fourth-order valence-electron chi connectivity index (χ4n) is 3.82. The first-order chi connectivity index (χ1) is 14.6. The van der Waals surface area contributed by atoms with Crippen LogP contribution >= 0.6 is 11.8 Å². The number of anilines is 1. The predicted octanol–water partition coefficient (Wildman–Crippen LogP) is 3.82. The lowest BCUT2D eigenvalue weighted by molar-refractivity contribution is -0.119. The van der Waals surface area contributed by atoms with Crippen LogP contribution in [0.15, 0.2) is 35.5 Å². The Morgan fingerprint density at radius 1 is 1.17 bits per heavy atom. The summed E-state index contributed by atoms with van der Waals surface area (Å²) in [5, 5.41) is -0.113. The van der Waals surface area contributed by atoms with Crippen LogP contribution in [0.3, 0.4) is 0 Å². The molecule has 2 saturated heterocycles. The molecule has 6 nitrogen and oxygen atoms in total. The molecule has 4 rings (SSSR count). The van der Waals surface area contributed by atoms with Crippen molar-refractivity contribution in [2.24, 2.45) is 5.92 Å². The molecule has 2 fully saturated rings. The summed E-state index contributed by atoms with van der Waals surface area (Å²) in [7, 11) is 0. The van der Waals surface area contributed by atoms with E-state index in [9.17, 15) is 14.0 Å². The first kappa shape index (κ1) is 20.7. The highest BCUT2D eigenvalue weighted by Crippen LogP contribution is 2.30. The van der Waals surface area contributed by atoms with Gasteiger partial charge in [0.2, 0.25) is 11.1 Å². The second-order valence-electron chi connectivity index (χ2n) is 7.65. The maximum Gasteiger partial charge on any atom is 0.225 e. The van der Waals surface area contributed by atoms with Crippen LogP contribution in [-0.2, 0) is 16.0 Å². The van der Waals surface area contributed by atoms with E-state index in [1.54, 1.807) is 24.4 Å². The van der Waals surface area contributed by atoms with Gasteiger partial charge in [-0.1, -0.05) is 0 Å². The molecule has 0 aliphatic carbocycles. The number of pyridine rings is 1. The molecular formula is C22H23FN4O2S. The molecule has 0 amide bonds. The van der Waals surface area contributed by atoms with Gasteiger partial charge < -0.3 is 4.90 Å². The maximum atomic E-state index is 12.9. The number of carbonyl (C=O) groups is 2. The summed E-state index contributed by atoms with van der Waals surface area (Å²) >= 11 is 0.992. The average molecular weight is 427 g/mol. The summed E-state index contributed by atoms with van der Waals surface area (Å²) in [4.78, 5) is 39.0. The molecule has 2 aromatic heterocycles. The van der Waals surface area contributed by atoms with Crippen LogP contribution in [0.2, 0.25) is 0 Å². The van der Waals surface area contributed by atoms with Gasteiger partial charge in [0.1, 0.15) is 5.82 Å². The number of carbonyl (C=O) groups excluding carboxylic acids is 2. The summed E-state index contributed by atoms with van der Waals surface area (Å²) in [5.41, 5.74) is 1.59. The SMILES string of the molecule is O=C1CC(=O)/C(=C/c2ccnc(N3CCC(CCCc4ccc(F)cn4)CC3)n2)S1. The highest BCUT2D eigenvalue weighted by Gasteiger charge is 2.26. The normalized spacial score (nSPS) is 19.1. The van der Waals surface area contributed by atoms with Crippen LogP contribution in [0.4, 0.5) is 10.3 Å². The molecule has 2 aromatic rings. The van der Waals surface area contributed by atoms with E-state index in [1.165, 1.54) is 12.3 Å². The molecule has 0 aromatic carbocycles. The first-order valence-corrected chi connectivity index (χ1v) is 11.0. The Morgan fingerprint density at radius 3 is 2.70 bits per heavy atom. The first-order valence-electron chi connectivity index (χ1n) is 10.2. The molecule has 4 heterocycles. The Hall–Kier alpha value is -2.61. The van der Waals surface area contributed by atoms with Crippen molar-refractivity contribution in [2.45, 2.75) is 38.5 Å². The standard InChI is InChI=1S/C22H23FN4O2S/c23-16-4-5-17(25-14-16)3-1-2-15-7-10-27(11-8-15)22-24-9-6-18(26-22)12-20-19(28)13-21(29)30-20/h4-6,9,12,14-15H,1-3,7-8,10-11,13H2/b20-12-. The van der Waals surface area contributed by atoms with Gasteiger partial charge in [-0.05, 0) is 74.1 Å². The second-order valence-corrected chi connectivity index (χ2v) is 8.75. The van der Waals surface area contributed by atoms with Gasteiger partial charge in [-0.3, -0.25) is 14.6 Å². The summed E-state index contributed by atoms with van der Waals surface area (Å²) in [5.74, 6) is 0.892. The quantitative estimate of drug-likeness (QED) is 0.513. The minimum absolute atomic E-state index is 0.0286. The van der Waals surface area contributed by atoms with Gasteiger partial charge in [-0.15, -0.1) is 0 Å². The van der Waals surface area contributed by atoms with Gasteiger partial charge in [0, 0.05) is 25.0 Å². The minimum atomic E-state index is -0.296. The number of halogens is 1. The van der Waals surface area contributed by atoms with Crippen LogP contribution in [-0.4, -0.2) is 38.9 Å². The van der Waals surface area contributed by atoms with Gasteiger partial charge in [0.25, 0.3) is 0 Å². The number of rotatable bonds is 6. The van der Waals surface area contributed by atoms with Crippen molar-refractivity contribution in [1.82, 2.24) is 15.0 Å². The topological polar surface area (TPSA) is 76.1 Å². The molecular weight excluding hydrogens is 403 g/mol. The van der Waals surface area contributed by atoms with E-state index in [1.807, 2.05) is 0 Å². The van der Waals surface area contributed by atoms with E-state index in [2.05, 4.69) is 19.9 Å². The Labute approximate surface area is 179 Å². The fourth-order valence-corrected chi connectivity index (χ4v) is 4.63. The zero-order valence-corrected chi connectivity index (χ0v) is 17.4. The number of piperidine rings is 1. The number of aryl methyl sites for hydroxylation is 1. The number of aromatic nitrogens is 3. The lowest BCUT2D eigenvalue weighted by atomic mass is 9.91. The van der Waals surface area contributed by atoms with Crippen LogP contribution in [0.1, 0.15) is 43.5 Å². The van der Waals surface area contributed by atoms with Crippen molar-refractivity contribution in [2.75, 3.05) is 18.0 Å². The van der Waals surface area contributed by atoms with Gasteiger partial charge in [0.05, 0.1) is 23.2 Å². The molecule has 156 valence electrons. The number of ketones is 1. The maximum absolute atomic E-state index is 12.9. The van der Waals surface area contributed by atoms with Crippen LogP contribution in [0.5, 0.6) is 0 Å². The van der Waals surface area contributed by atoms with Crippen molar-refractivity contribution < 1.29 is 14.0 Å². The Kier molecular flexibility index (Phi) is 6.52. The largest absolute Gasteiger partial charge is 0.341 e. The second kappa shape index (κ2) is 9.47. The van der Waals surface area contributed by atoms with E-state index >= 15 is 0 Å². The molecule has 0 bridgehead atoms. The smallest absolute Gasteiger partial charge is 0.225 e. The summed E-state index contributed by atoms with van der Waals surface area (Å²) in [6, 6.07) is 4.97. The number of allylic oxidation sites excluding steroid dienone is 1. The van der Waals surface area contributed by atoms with E-state index in [0.29, 0.717) is 22.5 Å². The molecule has 2 aliphatic heterocycles. The minimum Gasteiger partial charge on any atom is -0.341 e. The van der Waals surface area contributed by atoms with Gasteiger partial charge >= 0.3 is 0 Å². The number of nitrogens with zero attached hydrogens (tertiary/aromatic N) is 4. The van der Waals surface area contributed by atoms with Crippen LogP contribution < -0.4 is 4.90 Å². The van der Waals surface area contributed by atoms with Crippen molar-refractivity contribution in [3.05, 3.63) is 52.7 Å². The van der Waals surface area contributed by atoms with E-state index in [-0.39, 0.29) is 23.1 Å². The van der Waals surface area contributed by atoms with E-state index < -0.39 is 0 Å². The predicted molar refractivity (Wildman–Crippen MR) is 114 cm³/mol. The molecule has 0 saturated carbocycles. The van der Waals surface area contributed by atoms with E-state index in [4.69, 9.17) is 0 Å². The summed E-state index contributed by atoms with van der Waals surface area (Å²) < 4.78 is 12.9. The van der Waals surface area contributed by atoms with Crippen molar-refractivity contribution in [3.63, 3.8) is 0 Å².